The lowest BCUT2D eigenvalue weighted by Gasteiger charge is -2.35. The van der Waals surface area contributed by atoms with E-state index in [0.29, 0.717) is 37.8 Å². The lowest BCUT2D eigenvalue weighted by Crippen LogP contribution is -2.45. The maximum absolute atomic E-state index is 14.5. The van der Waals surface area contributed by atoms with Gasteiger partial charge in [-0.05, 0) is 38.1 Å². The zero-order chi connectivity index (χ0) is 23.2. The summed E-state index contributed by atoms with van der Waals surface area (Å²) in [5, 5.41) is -0.279. The Balaban J connectivity index is 1.64. The molecule has 33 heavy (non-hydrogen) atoms. The summed E-state index contributed by atoms with van der Waals surface area (Å²) in [5.41, 5.74) is 0.0803. The molecule has 0 bridgehead atoms. The summed E-state index contributed by atoms with van der Waals surface area (Å²) in [6.45, 7) is 5.32. The zero-order valence-corrected chi connectivity index (χ0v) is 19.0. The average molecular weight is 475 g/mol. The molecule has 1 saturated heterocycles. The number of ether oxygens (including phenoxy) is 3. The molecule has 3 aromatic rings. The van der Waals surface area contributed by atoms with Gasteiger partial charge in [0.05, 0.1) is 22.7 Å². The van der Waals surface area contributed by atoms with E-state index in [1.165, 1.54) is 24.3 Å². The van der Waals surface area contributed by atoms with Crippen LogP contribution in [0.1, 0.15) is 13.8 Å². The van der Waals surface area contributed by atoms with Crippen LogP contribution in [-0.2, 0) is 14.6 Å². The van der Waals surface area contributed by atoms with Gasteiger partial charge in [-0.2, -0.15) is 4.98 Å². The highest BCUT2D eigenvalue weighted by atomic mass is 32.2. The molecule has 8 nitrogen and oxygen atoms in total. The molecule has 1 aromatic heterocycles. The van der Waals surface area contributed by atoms with Gasteiger partial charge in [0.1, 0.15) is 19.0 Å². The van der Waals surface area contributed by atoms with Crippen LogP contribution < -0.4 is 14.4 Å². The van der Waals surface area contributed by atoms with Gasteiger partial charge >= 0.3 is 0 Å². The van der Waals surface area contributed by atoms with Gasteiger partial charge in [-0.15, -0.1) is 0 Å². The average Bonchev–Trinajstić information content (AvgIpc) is 3.25. The third-order valence-electron chi connectivity index (χ3n) is 5.47. The minimum atomic E-state index is -4.13. The van der Waals surface area contributed by atoms with Crippen molar-refractivity contribution in [2.75, 3.05) is 31.2 Å². The maximum Gasteiger partial charge on any atom is 0.236 e. The van der Waals surface area contributed by atoms with Crippen molar-refractivity contribution >= 4 is 15.7 Å². The minimum absolute atomic E-state index is 0.0178. The fourth-order valence-electron chi connectivity index (χ4n) is 4.07. The van der Waals surface area contributed by atoms with E-state index in [0.717, 1.165) is 0 Å². The van der Waals surface area contributed by atoms with Crippen molar-refractivity contribution in [1.82, 2.24) is 4.98 Å². The van der Waals surface area contributed by atoms with Crippen LogP contribution in [0.15, 0.2) is 56.8 Å². The molecular weight excluding hydrogens is 451 g/mol. The summed E-state index contributed by atoms with van der Waals surface area (Å²) < 4.78 is 64.6. The zero-order valence-electron chi connectivity index (χ0n) is 18.2. The molecule has 0 aliphatic carbocycles. The summed E-state index contributed by atoms with van der Waals surface area (Å²) in [4.78, 5) is 6.04. The fraction of sp³-hybridized carbons (Fsp3) is 0.348. The van der Waals surface area contributed by atoms with E-state index >= 15 is 0 Å². The number of rotatable bonds is 4. The third kappa shape index (κ3) is 4.04. The largest absolute Gasteiger partial charge is 0.486 e. The molecule has 5 rings (SSSR count). The second-order valence-corrected chi connectivity index (χ2v) is 9.95. The smallest absolute Gasteiger partial charge is 0.236 e. The van der Waals surface area contributed by atoms with Gasteiger partial charge in [0.15, 0.2) is 11.5 Å². The molecule has 1 fully saturated rings. The van der Waals surface area contributed by atoms with Crippen molar-refractivity contribution in [3.8, 4) is 23.0 Å². The van der Waals surface area contributed by atoms with Crippen molar-refractivity contribution in [2.45, 2.75) is 36.0 Å². The first-order valence-electron chi connectivity index (χ1n) is 10.6. The monoisotopic (exact) mass is 474 g/mol. The van der Waals surface area contributed by atoms with E-state index in [2.05, 4.69) is 4.98 Å². The number of hydrogen-bond acceptors (Lipinski definition) is 8. The molecule has 2 aromatic carbocycles. The van der Waals surface area contributed by atoms with E-state index in [-0.39, 0.29) is 39.5 Å². The molecule has 2 unspecified atom stereocenters. The van der Waals surface area contributed by atoms with Gasteiger partial charge in [-0.3, -0.25) is 0 Å². The molecule has 10 heteroatoms. The van der Waals surface area contributed by atoms with Crippen molar-refractivity contribution in [1.29, 1.82) is 0 Å². The number of fused-ring (bicyclic) bond motifs is 1. The summed E-state index contributed by atoms with van der Waals surface area (Å²) >= 11 is 0. The SMILES string of the molecule is CC1CN(c2oc(-c3ccccc3F)nc2S(=O)(=O)c2ccc3c(c2)OCCO3)CC(C)O1. The van der Waals surface area contributed by atoms with E-state index in [1.54, 1.807) is 23.1 Å². The van der Waals surface area contributed by atoms with Crippen LogP contribution in [0.5, 0.6) is 11.5 Å². The number of aromatic nitrogens is 1. The van der Waals surface area contributed by atoms with Gasteiger partial charge in [0.2, 0.25) is 26.6 Å². The number of nitrogens with zero attached hydrogens (tertiary/aromatic N) is 2. The predicted octanol–water partition coefficient (Wildman–Crippen LogP) is 3.70. The Labute approximate surface area is 190 Å². The van der Waals surface area contributed by atoms with E-state index in [1.807, 2.05) is 13.8 Å². The van der Waals surface area contributed by atoms with Crippen LogP contribution in [0, 0.1) is 5.82 Å². The molecular formula is C23H23FN2O6S. The van der Waals surface area contributed by atoms with Crippen LogP contribution in [-0.4, -0.2) is 51.9 Å². The first kappa shape index (κ1) is 21.7. The molecule has 2 aliphatic heterocycles. The molecule has 0 amide bonds. The number of oxazole rings is 1. The second kappa shape index (κ2) is 8.35. The van der Waals surface area contributed by atoms with Gasteiger partial charge in [-0.25, -0.2) is 12.8 Å². The Morgan fingerprint density at radius 1 is 1.00 bits per heavy atom. The normalized spacial score (nSPS) is 20.6. The maximum atomic E-state index is 14.5. The second-order valence-electron chi connectivity index (χ2n) is 8.08. The summed E-state index contributed by atoms with van der Waals surface area (Å²) in [5.74, 6) is 0.215. The Morgan fingerprint density at radius 2 is 1.70 bits per heavy atom. The molecule has 0 N–H and O–H groups in total. The number of anilines is 1. The topological polar surface area (TPSA) is 91.1 Å². The van der Waals surface area contributed by atoms with Crippen LogP contribution in [0.3, 0.4) is 0 Å². The third-order valence-corrected chi connectivity index (χ3v) is 7.12. The molecule has 0 spiro atoms. The van der Waals surface area contributed by atoms with Gasteiger partial charge in [0.25, 0.3) is 0 Å². The van der Waals surface area contributed by atoms with Gasteiger partial charge in [0, 0.05) is 19.2 Å². The lowest BCUT2D eigenvalue weighted by molar-refractivity contribution is -0.00657. The molecule has 0 saturated carbocycles. The van der Waals surface area contributed by atoms with Crippen molar-refractivity contribution in [2.24, 2.45) is 0 Å². The fourth-order valence-corrected chi connectivity index (χ4v) is 5.41. The van der Waals surface area contributed by atoms with E-state index < -0.39 is 15.7 Å². The number of hydrogen-bond donors (Lipinski definition) is 0. The van der Waals surface area contributed by atoms with Crippen LogP contribution in [0.25, 0.3) is 11.5 Å². The molecule has 0 radical (unpaired) electrons. The van der Waals surface area contributed by atoms with E-state index in [4.69, 9.17) is 18.6 Å². The Bertz CT molecular complexity index is 1280. The number of benzene rings is 2. The first-order valence-corrected chi connectivity index (χ1v) is 12.1. The molecule has 2 atom stereocenters. The molecule has 3 heterocycles. The van der Waals surface area contributed by atoms with Crippen molar-refractivity contribution < 1.29 is 31.4 Å². The van der Waals surface area contributed by atoms with E-state index in [9.17, 15) is 12.8 Å². The summed E-state index contributed by atoms with van der Waals surface area (Å²) in [6, 6.07) is 10.3. The number of halogens is 1. The number of morpholine rings is 1. The van der Waals surface area contributed by atoms with Crippen LogP contribution in [0.2, 0.25) is 0 Å². The van der Waals surface area contributed by atoms with Crippen molar-refractivity contribution in [3.63, 3.8) is 0 Å². The van der Waals surface area contributed by atoms with Crippen molar-refractivity contribution in [3.05, 3.63) is 48.3 Å². The Hall–Kier alpha value is -3.11. The minimum Gasteiger partial charge on any atom is -0.486 e. The van der Waals surface area contributed by atoms with Gasteiger partial charge < -0.3 is 23.5 Å². The number of sulfone groups is 1. The van der Waals surface area contributed by atoms with Crippen LogP contribution >= 0.6 is 0 Å². The lowest BCUT2D eigenvalue weighted by atomic mass is 10.2. The molecule has 2 aliphatic rings. The highest BCUT2D eigenvalue weighted by Crippen LogP contribution is 2.39. The molecule has 174 valence electrons. The Kier molecular flexibility index (Phi) is 5.49. The highest BCUT2D eigenvalue weighted by Gasteiger charge is 2.35. The standard InChI is InChI=1S/C23H23FN2O6S/c1-14-12-26(13-15(2)31-14)23-22(25-21(32-23)17-5-3-4-6-18(17)24)33(27,28)16-7-8-19-20(11-16)30-10-9-29-19/h3-8,11,14-15H,9-10,12-13H2,1-2H3. The summed E-state index contributed by atoms with van der Waals surface area (Å²) in [6.07, 6.45) is -0.304. The summed E-state index contributed by atoms with van der Waals surface area (Å²) in [7, 11) is -4.13. The first-order chi connectivity index (χ1) is 15.8. The quantitative estimate of drug-likeness (QED) is 0.565. The Morgan fingerprint density at radius 3 is 2.42 bits per heavy atom. The predicted molar refractivity (Wildman–Crippen MR) is 117 cm³/mol. The van der Waals surface area contributed by atoms with Crippen LogP contribution in [0.4, 0.5) is 10.3 Å². The highest BCUT2D eigenvalue weighted by molar-refractivity contribution is 7.91. The van der Waals surface area contributed by atoms with Gasteiger partial charge in [-0.1, -0.05) is 12.1 Å².